The van der Waals surface area contributed by atoms with Crippen LogP contribution in [0.15, 0.2) is 16.9 Å². The highest BCUT2D eigenvalue weighted by Gasteiger charge is 2.25. The molecule has 0 amide bonds. The summed E-state index contributed by atoms with van der Waals surface area (Å²) in [7, 11) is 0. The van der Waals surface area contributed by atoms with E-state index in [0.717, 1.165) is 56.3 Å². The zero-order chi connectivity index (χ0) is 16.9. The maximum Gasteiger partial charge on any atom is 0.229 e. The van der Waals surface area contributed by atoms with Crippen molar-refractivity contribution in [3.8, 4) is 0 Å². The van der Waals surface area contributed by atoms with Crippen LogP contribution in [0.25, 0.3) is 0 Å². The minimum atomic E-state index is 0.313. The number of piperidine rings is 1. The number of aromatic nitrogens is 4. The van der Waals surface area contributed by atoms with E-state index in [1.165, 1.54) is 0 Å². The van der Waals surface area contributed by atoms with Gasteiger partial charge in [-0.15, -0.1) is 0 Å². The van der Waals surface area contributed by atoms with Gasteiger partial charge >= 0.3 is 0 Å². The van der Waals surface area contributed by atoms with Crippen molar-refractivity contribution in [3.63, 3.8) is 0 Å². The molecule has 1 aliphatic heterocycles. The molecule has 3 rings (SSSR count). The van der Waals surface area contributed by atoms with Gasteiger partial charge in [0.2, 0.25) is 11.8 Å². The first-order valence-corrected chi connectivity index (χ1v) is 8.76. The molecule has 0 atom stereocenters. The van der Waals surface area contributed by atoms with Crippen LogP contribution in [-0.4, -0.2) is 44.6 Å². The monoisotopic (exact) mass is 330 g/mol. The van der Waals surface area contributed by atoms with E-state index in [2.05, 4.69) is 44.2 Å². The Morgan fingerprint density at radius 3 is 2.54 bits per heavy atom. The third-order valence-corrected chi connectivity index (χ3v) is 4.36. The van der Waals surface area contributed by atoms with Crippen molar-refractivity contribution in [2.45, 2.75) is 52.0 Å². The third kappa shape index (κ3) is 4.08. The van der Waals surface area contributed by atoms with Gasteiger partial charge in [-0.25, -0.2) is 9.97 Å². The second kappa shape index (κ2) is 7.70. The van der Waals surface area contributed by atoms with Crippen LogP contribution in [0.4, 0.5) is 5.95 Å². The van der Waals surface area contributed by atoms with Crippen LogP contribution in [0.1, 0.15) is 62.7 Å². The highest BCUT2D eigenvalue weighted by atomic mass is 16.5. The molecule has 1 N–H and O–H groups in total. The number of hydrogen-bond donors (Lipinski definition) is 1. The normalized spacial score (nSPS) is 16.7. The predicted molar refractivity (Wildman–Crippen MR) is 91.8 cm³/mol. The van der Waals surface area contributed by atoms with E-state index in [4.69, 9.17) is 4.52 Å². The first-order valence-electron chi connectivity index (χ1n) is 8.76. The van der Waals surface area contributed by atoms with Crippen molar-refractivity contribution in [1.82, 2.24) is 25.0 Å². The number of nitrogens with zero attached hydrogens (tertiary/aromatic N) is 5. The van der Waals surface area contributed by atoms with E-state index in [9.17, 15) is 0 Å². The Labute approximate surface area is 142 Å². The average Bonchev–Trinajstić information content (AvgIpc) is 3.08. The summed E-state index contributed by atoms with van der Waals surface area (Å²) in [6.07, 6.45) is 5.92. The summed E-state index contributed by atoms with van der Waals surface area (Å²) >= 11 is 0. The molecule has 0 bridgehead atoms. The molecule has 1 saturated heterocycles. The van der Waals surface area contributed by atoms with Crippen LogP contribution < -0.4 is 5.32 Å². The molecule has 1 aliphatic rings. The summed E-state index contributed by atoms with van der Waals surface area (Å²) in [5.41, 5.74) is 1.15. The van der Waals surface area contributed by atoms with Gasteiger partial charge in [0.05, 0.1) is 0 Å². The van der Waals surface area contributed by atoms with E-state index in [0.29, 0.717) is 17.8 Å². The fraction of sp³-hybridized carbons (Fsp3) is 0.647. The van der Waals surface area contributed by atoms with E-state index in [1.807, 2.05) is 19.3 Å². The lowest BCUT2D eigenvalue weighted by molar-refractivity contribution is 0.187. The van der Waals surface area contributed by atoms with Gasteiger partial charge < -0.3 is 9.84 Å². The summed E-state index contributed by atoms with van der Waals surface area (Å²) in [6.45, 7) is 9.98. The van der Waals surface area contributed by atoms with Crippen LogP contribution in [0.3, 0.4) is 0 Å². The molecule has 0 aliphatic carbocycles. The van der Waals surface area contributed by atoms with Crippen molar-refractivity contribution >= 4 is 5.95 Å². The highest BCUT2D eigenvalue weighted by Crippen LogP contribution is 2.28. The van der Waals surface area contributed by atoms with E-state index in [1.54, 1.807) is 0 Å². The van der Waals surface area contributed by atoms with Crippen molar-refractivity contribution in [2.24, 2.45) is 0 Å². The fourth-order valence-electron chi connectivity index (χ4n) is 2.93. The van der Waals surface area contributed by atoms with Gasteiger partial charge in [0, 0.05) is 42.9 Å². The number of hydrogen-bond acceptors (Lipinski definition) is 7. The molecule has 2 aromatic heterocycles. The molecule has 0 aromatic carbocycles. The Hall–Kier alpha value is -2.02. The number of anilines is 1. The molecule has 24 heavy (non-hydrogen) atoms. The van der Waals surface area contributed by atoms with Crippen molar-refractivity contribution in [3.05, 3.63) is 29.7 Å². The summed E-state index contributed by atoms with van der Waals surface area (Å²) in [5.74, 6) is 3.00. The maximum absolute atomic E-state index is 5.45. The summed E-state index contributed by atoms with van der Waals surface area (Å²) < 4.78 is 5.45. The van der Waals surface area contributed by atoms with Crippen molar-refractivity contribution in [2.75, 3.05) is 25.0 Å². The first kappa shape index (κ1) is 16.8. The van der Waals surface area contributed by atoms with Gasteiger partial charge in [-0.05, 0) is 32.9 Å². The molecular weight excluding hydrogens is 304 g/mol. The quantitative estimate of drug-likeness (QED) is 0.872. The molecule has 2 aromatic rings. The zero-order valence-electron chi connectivity index (χ0n) is 14.7. The standard InChI is InChI=1S/C17H26N6O/c1-4-18-17-19-9-13(10-20-17)11-23-7-5-14(6-8-23)16-21-15(12(2)3)22-24-16/h9-10,12,14H,4-8,11H2,1-3H3,(H,18,19,20). The van der Waals surface area contributed by atoms with Gasteiger partial charge in [-0.1, -0.05) is 19.0 Å². The lowest BCUT2D eigenvalue weighted by Crippen LogP contribution is -2.32. The summed E-state index contributed by atoms with van der Waals surface area (Å²) in [4.78, 5) is 15.6. The van der Waals surface area contributed by atoms with Crippen molar-refractivity contribution in [1.29, 1.82) is 0 Å². The molecule has 0 unspecified atom stereocenters. The van der Waals surface area contributed by atoms with Gasteiger partial charge in [0.15, 0.2) is 5.82 Å². The first-order chi connectivity index (χ1) is 11.7. The lowest BCUT2D eigenvalue weighted by Gasteiger charge is -2.30. The maximum atomic E-state index is 5.45. The Morgan fingerprint density at radius 1 is 1.25 bits per heavy atom. The van der Waals surface area contributed by atoms with Crippen molar-refractivity contribution < 1.29 is 4.52 Å². The third-order valence-electron chi connectivity index (χ3n) is 4.36. The van der Waals surface area contributed by atoms with Crippen LogP contribution in [0, 0.1) is 0 Å². The topological polar surface area (TPSA) is 80.0 Å². The zero-order valence-corrected chi connectivity index (χ0v) is 14.7. The Bertz CT molecular complexity index is 631. The second-order valence-electron chi connectivity index (χ2n) is 6.64. The lowest BCUT2D eigenvalue weighted by atomic mass is 9.96. The molecule has 0 radical (unpaired) electrons. The summed E-state index contributed by atoms with van der Waals surface area (Å²) in [5, 5.41) is 7.19. The smallest absolute Gasteiger partial charge is 0.229 e. The van der Waals surface area contributed by atoms with Crippen LogP contribution in [0.2, 0.25) is 0 Å². The van der Waals surface area contributed by atoms with Crippen LogP contribution >= 0.6 is 0 Å². The van der Waals surface area contributed by atoms with E-state index >= 15 is 0 Å². The van der Waals surface area contributed by atoms with E-state index < -0.39 is 0 Å². The molecule has 0 spiro atoms. The van der Waals surface area contributed by atoms with Gasteiger partial charge in [-0.3, -0.25) is 4.90 Å². The second-order valence-corrected chi connectivity index (χ2v) is 6.64. The largest absolute Gasteiger partial charge is 0.355 e. The molecule has 130 valence electrons. The summed E-state index contributed by atoms with van der Waals surface area (Å²) in [6, 6.07) is 0. The Kier molecular flexibility index (Phi) is 5.40. The highest BCUT2D eigenvalue weighted by molar-refractivity contribution is 5.24. The SMILES string of the molecule is CCNc1ncc(CN2CCC(c3nc(C(C)C)no3)CC2)cn1. The number of likely N-dealkylation sites (tertiary alicyclic amines) is 1. The fourth-order valence-corrected chi connectivity index (χ4v) is 2.93. The van der Waals surface area contributed by atoms with Gasteiger partial charge in [-0.2, -0.15) is 4.98 Å². The molecule has 0 saturated carbocycles. The van der Waals surface area contributed by atoms with Crippen LogP contribution in [-0.2, 0) is 6.54 Å². The molecule has 1 fully saturated rings. The Morgan fingerprint density at radius 2 is 1.96 bits per heavy atom. The number of rotatable bonds is 6. The molecular formula is C17H26N6O. The minimum absolute atomic E-state index is 0.313. The number of nitrogens with one attached hydrogen (secondary N) is 1. The predicted octanol–water partition coefficient (Wildman–Crippen LogP) is 2.79. The molecule has 3 heterocycles. The van der Waals surface area contributed by atoms with E-state index in [-0.39, 0.29) is 0 Å². The molecule has 7 heteroatoms. The minimum Gasteiger partial charge on any atom is -0.355 e. The average molecular weight is 330 g/mol. The Balaban J connectivity index is 1.51. The molecule has 7 nitrogen and oxygen atoms in total. The van der Waals surface area contributed by atoms with Crippen LogP contribution in [0.5, 0.6) is 0 Å². The van der Waals surface area contributed by atoms with Gasteiger partial charge in [0.25, 0.3) is 0 Å². The van der Waals surface area contributed by atoms with Gasteiger partial charge in [0.1, 0.15) is 0 Å².